The summed E-state index contributed by atoms with van der Waals surface area (Å²) in [5, 5.41) is 20.0. The third-order valence-corrected chi connectivity index (χ3v) is 6.28. The molecule has 0 radical (unpaired) electrons. The van der Waals surface area contributed by atoms with Crippen LogP contribution in [0.3, 0.4) is 0 Å². The van der Waals surface area contributed by atoms with Gasteiger partial charge in [-0.3, -0.25) is 9.59 Å². The average molecular weight is 336 g/mol. The van der Waals surface area contributed by atoms with Gasteiger partial charge >= 0.3 is 11.9 Å². The highest BCUT2D eigenvalue weighted by Gasteiger charge is 2.30. The summed E-state index contributed by atoms with van der Waals surface area (Å²) in [5.41, 5.74) is 0.920. The molecule has 0 spiro atoms. The molecule has 0 aliphatic carbocycles. The summed E-state index contributed by atoms with van der Waals surface area (Å²) in [6.45, 7) is 1.87. The number of hydrogen-bond donors (Lipinski definition) is 2. The summed E-state index contributed by atoms with van der Waals surface area (Å²) in [4.78, 5) is 21.8. The van der Waals surface area contributed by atoms with Gasteiger partial charge in [0.2, 0.25) is 0 Å². The van der Waals surface area contributed by atoms with Gasteiger partial charge in [-0.05, 0) is 29.3 Å². The number of benzene rings is 2. The van der Waals surface area contributed by atoms with Crippen LogP contribution in [0, 0.1) is 0 Å². The maximum atomic E-state index is 10.9. The molecular formula is C16H16O4S2. The predicted octanol–water partition coefficient (Wildman–Crippen LogP) is 3.65. The van der Waals surface area contributed by atoms with Gasteiger partial charge < -0.3 is 10.2 Å². The fraction of sp³-hybridized carbons (Fsp3) is 0.250. The van der Waals surface area contributed by atoms with Crippen LogP contribution in [0.2, 0.25) is 0 Å². The lowest BCUT2D eigenvalue weighted by Crippen LogP contribution is -2.18. The Balaban J connectivity index is 2.35. The van der Waals surface area contributed by atoms with E-state index in [1.807, 2.05) is 49.4 Å². The molecule has 0 amide bonds. The second-order valence-electron chi connectivity index (χ2n) is 4.87. The molecule has 0 saturated carbocycles. The first-order valence-corrected chi connectivity index (χ1v) is 8.58. The van der Waals surface area contributed by atoms with Crippen molar-refractivity contribution in [2.75, 3.05) is 11.5 Å². The molecule has 0 atom stereocenters. The lowest BCUT2D eigenvalue weighted by atomic mass is 10.1. The number of fused-ring (bicyclic) bond motifs is 1. The third kappa shape index (κ3) is 4.18. The first-order valence-electron chi connectivity index (χ1n) is 6.61. The Morgan fingerprint density at radius 1 is 0.955 bits per heavy atom. The summed E-state index contributed by atoms with van der Waals surface area (Å²) in [6.07, 6.45) is 0. The lowest BCUT2D eigenvalue weighted by molar-refractivity contribution is -0.134. The molecule has 2 aromatic carbocycles. The normalized spacial score (nSPS) is 11.5. The van der Waals surface area contributed by atoms with Gasteiger partial charge in [-0.1, -0.05) is 36.4 Å². The Bertz CT molecular complexity index is 681. The fourth-order valence-corrected chi connectivity index (χ4v) is 4.15. The Labute approximate surface area is 136 Å². The maximum Gasteiger partial charge on any atom is 0.313 e. The van der Waals surface area contributed by atoms with E-state index in [2.05, 4.69) is 0 Å². The average Bonchev–Trinajstić information content (AvgIpc) is 2.50. The minimum absolute atomic E-state index is 0.0735. The maximum absolute atomic E-state index is 10.9. The van der Waals surface area contributed by atoms with Crippen LogP contribution in [0.4, 0.5) is 0 Å². The molecule has 2 aromatic rings. The SMILES string of the molecule is CC(SCC(=O)O)(SCC(=O)O)c1ccc2ccccc2c1. The molecular weight excluding hydrogens is 320 g/mol. The van der Waals surface area contributed by atoms with E-state index in [0.29, 0.717) is 0 Å². The molecule has 6 heteroatoms. The standard InChI is InChI=1S/C16H16O4S2/c1-16(21-9-14(17)18,22-10-15(19)20)13-7-6-11-4-2-3-5-12(11)8-13/h2-8H,9-10H2,1H3,(H,17,18)(H,19,20). The van der Waals surface area contributed by atoms with Crippen molar-refractivity contribution in [3.63, 3.8) is 0 Å². The van der Waals surface area contributed by atoms with Gasteiger partial charge in [0.1, 0.15) is 0 Å². The highest BCUT2D eigenvalue weighted by Crippen LogP contribution is 2.46. The predicted molar refractivity (Wildman–Crippen MR) is 91.5 cm³/mol. The second-order valence-corrected chi connectivity index (χ2v) is 7.92. The van der Waals surface area contributed by atoms with Crippen LogP contribution in [-0.4, -0.2) is 33.7 Å². The number of aliphatic carboxylic acids is 2. The summed E-state index contributed by atoms with van der Waals surface area (Å²) in [7, 11) is 0. The van der Waals surface area contributed by atoms with Crippen LogP contribution >= 0.6 is 23.5 Å². The molecule has 0 unspecified atom stereocenters. The number of thioether (sulfide) groups is 2. The van der Waals surface area contributed by atoms with Gasteiger partial charge in [0.15, 0.2) is 0 Å². The van der Waals surface area contributed by atoms with E-state index in [1.54, 1.807) is 0 Å². The molecule has 0 fully saturated rings. The van der Waals surface area contributed by atoms with Gasteiger partial charge in [0, 0.05) is 0 Å². The van der Waals surface area contributed by atoms with Crippen LogP contribution in [0.15, 0.2) is 42.5 Å². The Kier molecular flexibility index (Phi) is 5.37. The largest absolute Gasteiger partial charge is 0.481 e. The van der Waals surface area contributed by atoms with Crippen LogP contribution in [0.1, 0.15) is 12.5 Å². The Morgan fingerprint density at radius 2 is 1.50 bits per heavy atom. The van der Waals surface area contributed by atoms with Crippen molar-refractivity contribution in [3.05, 3.63) is 48.0 Å². The number of carboxylic acid groups (broad SMARTS) is 2. The summed E-state index contributed by atoms with van der Waals surface area (Å²) in [5.74, 6) is -1.97. The third-order valence-electron chi connectivity index (χ3n) is 3.22. The lowest BCUT2D eigenvalue weighted by Gasteiger charge is -2.28. The van der Waals surface area contributed by atoms with Gasteiger partial charge in [0.05, 0.1) is 15.6 Å². The highest BCUT2D eigenvalue weighted by molar-refractivity contribution is 8.18. The van der Waals surface area contributed by atoms with Crippen molar-refractivity contribution in [1.82, 2.24) is 0 Å². The molecule has 0 aliphatic heterocycles. The van der Waals surface area contributed by atoms with E-state index in [0.717, 1.165) is 16.3 Å². The van der Waals surface area contributed by atoms with Gasteiger partial charge in [-0.25, -0.2) is 0 Å². The summed E-state index contributed by atoms with van der Waals surface area (Å²) in [6, 6.07) is 13.8. The number of carboxylic acids is 2. The number of hydrogen-bond acceptors (Lipinski definition) is 4. The molecule has 4 nitrogen and oxygen atoms in total. The summed E-state index contributed by atoms with van der Waals surface area (Å²) >= 11 is 2.47. The van der Waals surface area contributed by atoms with Gasteiger partial charge in [-0.2, -0.15) is 0 Å². The monoisotopic (exact) mass is 336 g/mol. The van der Waals surface area contributed by atoms with Gasteiger partial charge in [0.25, 0.3) is 0 Å². The Morgan fingerprint density at radius 3 is 2.05 bits per heavy atom. The van der Waals surface area contributed by atoms with Crippen molar-refractivity contribution in [2.24, 2.45) is 0 Å². The smallest absolute Gasteiger partial charge is 0.313 e. The van der Waals surface area contributed by atoms with Gasteiger partial charge in [-0.15, -0.1) is 23.5 Å². The molecule has 0 saturated heterocycles. The van der Waals surface area contributed by atoms with E-state index >= 15 is 0 Å². The zero-order valence-corrected chi connectivity index (χ0v) is 13.6. The van der Waals surface area contributed by atoms with Crippen molar-refractivity contribution in [3.8, 4) is 0 Å². The summed E-state index contributed by atoms with van der Waals surface area (Å²) < 4.78 is -0.624. The zero-order chi connectivity index (χ0) is 16.2. The minimum Gasteiger partial charge on any atom is -0.481 e. The van der Waals surface area contributed by atoms with Crippen molar-refractivity contribution in [1.29, 1.82) is 0 Å². The number of rotatable bonds is 7. The van der Waals surface area contributed by atoms with Crippen LogP contribution in [0.5, 0.6) is 0 Å². The Hall–Kier alpha value is -1.66. The van der Waals surface area contributed by atoms with Crippen LogP contribution in [-0.2, 0) is 13.7 Å². The molecule has 0 heterocycles. The van der Waals surface area contributed by atoms with Crippen molar-refractivity contribution in [2.45, 2.75) is 11.0 Å². The molecule has 0 aromatic heterocycles. The first-order chi connectivity index (χ1) is 10.4. The van der Waals surface area contributed by atoms with Crippen LogP contribution in [0.25, 0.3) is 10.8 Å². The quantitative estimate of drug-likeness (QED) is 0.752. The molecule has 0 aliphatic rings. The van der Waals surface area contributed by atoms with E-state index in [-0.39, 0.29) is 11.5 Å². The first kappa shape index (κ1) is 16.7. The van der Waals surface area contributed by atoms with Crippen LogP contribution < -0.4 is 0 Å². The van der Waals surface area contributed by atoms with E-state index in [4.69, 9.17) is 10.2 Å². The van der Waals surface area contributed by atoms with Crippen molar-refractivity contribution < 1.29 is 19.8 Å². The fourth-order valence-electron chi connectivity index (χ4n) is 2.08. The molecule has 0 bridgehead atoms. The van der Waals surface area contributed by atoms with E-state index < -0.39 is 16.0 Å². The van der Waals surface area contributed by atoms with E-state index in [1.165, 1.54) is 23.5 Å². The zero-order valence-electron chi connectivity index (χ0n) is 12.0. The molecule has 2 rings (SSSR count). The molecule has 2 N–H and O–H groups in total. The second kappa shape index (κ2) is 7.07. The van der Waals surface area contributed by atoms with Crippen molar-refractivity contribution >= 4 is 46.2 Å². The molecule has 116 valence electrons. The number of carbonyl (C=O) groups is 2. The topological polar surface area (TPSA) is 74.6 Å². The highest BCUT2D eigenvalue weighted by atomic mass is 32.2. The minimum atomic E-state index is -0.909. The van der Waals surface area contributed by atoms with E-state index in [9.17, 15) is 9.59 Å². The molecule has 22 heavy (non-hydrogen) atoms.